The normalized spacial score (nSPS) is 26.3. The highest BCUT2D eigenvalue weighted by molar-refractivity contribution is 7.87. The number of rotatable bonds is 3. The van der Waals surface area contributed by atoms with Gasteiger partial charge in [0.25, 0.3) is 0 Å². The highest BCUT2D eigenvalue weighted by atomic mass is 32.2. The van der Waals surface area contributed by atoms with Crippen LogP contribution >= 0.6 is 0 Å². The average Bonchev–Trinajstić information content (AvgIpc) is 2.35. The van der Waals surface area contributed by atoms with Gasteiger partial charge in [-0.3, -0.25) is 9.69 Å². The predicted molar refractivity (Wildman–Crippen MR) is 58.6 cm³/mol. The van der Waals surface area contributed by atoms with Crippen LogP contribution < -0.4 is 5.73 Å². The van der Waals surface area contributed by atoms with Crippen LogP contribution in [0, 0.1) is 0 Å². The summed E-state index contributed by atoms with van der Waals surface area (Å²) >= 11 is 0. The van der Waals surface area contributed by atoms with E-state index in [4.69, 9.17) is 10.8 Å². The minimum absolute atomic E-state index is 0.00635. The summed E-state index contributed by atoms with van der Waals surface area (Å²) in [4.78, 5) is 23.2. The first-order valence-corrected chi connectivity index (χ1v) is 6.94. The molecule has 0 aromatic rings. The van der Waals surface area contributed by atoms with E-state index in [9.17, 15) is 31.2 Å². The van der Waals surface area contributed by atoms with Crippen LogP contribution in [0.5, 0.6) is 0 Å². The van der Waals surface area contributed by atoms with Gasteiger partial charge in [-0.05, 0) is 6.42 Å². The Morgan fingerprint density at radius 3 is 2.48 bits per heavy atom. The van der Waals surface area contributed by atoms with Crippen LogP contribution in [-0.4, -0.2) is 47.9 Å². The summed E-state index contributed by atoms with van der Waals surface area (Å²) < 4.78 is 62.5. The molecule has 8 nitrogen and oxygen atoms in total. The summed E-state index contributed by atoms with van der Waals surface area (Å²) in [6.07, 6.45) is -0.383. The second-order valence-corrected chi connectivity index (χ2v) is 5.94. The van der Waals surface area contributed by atoms with E-state index in [0.29, 0.717) is 4.90 Å². The van der Waals surface area contributed by atoms with E-state index >= 15 is 0 Å². The molecule has 0 saturated carbocycles. The maximum absolute atomic E-state index is 12.3. The van der Waals surface area contributed by atoms with Gasteiger partial charge in [0.2, 0.25) is 5.91 Å². The van der Waals surface area contributed by atoms with E-state index in [2.05, 4.69) is 4.18 Å². The van der Waals surface area contributed by atoms with Crippen LogP contribution in [0.3, 0.4) is 0 Å². The molecule has 118 valence electrons. The Kier molecular flexibility index (Phi) is 3.40. The number of hydrogen-bond donors (Lipinski definition) is 2. The first-order valence-electron chi connectivity index (χ1n) is 5.53. The van der Waals surface area contributed by atoms with Gasteiger partial charge in [-0.2, -0.15) is 21.6 Å². The summed E-state index contributed by atoms with van der Waals surface area (Å²) in [5, 5.41) is 8.99. The van der Waals surface area contributed by atoms with Crippen molar-refractivity contribution >= 4 is 22.0 Å². The fourth-order valence-corrected chi connectivity index (χ4v) is 2.69. The van der Waals surface area contributed by atoms with Gasteiger partial charge in [0, 0.05) is 6.42 Å². The molecule has 3 N–H and O–H groups in total. The van der Waals surface area contributed by atoms with Crippen molar-refractivity contribution in [2.24, 2.45) is 5.73 Å². The van der Waals surface area contributed by atoms with Crippen LogP contribution in [0.15, 0.2) is 11.5 Å². The molecule has 21 heavy (non-hydrogen) atoms. The third-order valence-electron chi connectivity index (χ3n) is 3.14. The lowest BCUT2D eigenvalue weighted by atomic mass is 9.86. The van der Waals surface area contributed by atoms with Crippen LogP contribution in [0.2, 0.25) is 0 Å². The largest absolute Gasteiger partial charge is 0.534 e. The van der Waals surface area contributed by atoms with Gasteiger partial charge in [-0.25, -0.2) is 4.79 Å². The lowest BCUT2D eigenvalue weighted by Crippen LogP contribution is -2.69. The van der Waals surface area contributed by atoms with Crippen LogP contribution in [0.25, 0.3) is 0 Å². The number of alkyl halides is 3. The minimum atomic E-state index is -6.00. The summed E-state index contributed by atoms with van der Waals surface area (Å²) in [5.74, 6) is -3.52. The Labute approximate surface area is 116 Å². The fourth-order valence-electron chi connectivity index (χ4n) is 2.17. The highest BCUT2D eigenvalue weighted by Crippen LogP contribution is 2.38. The molecule has 12 heteroatoms. The Morgan fingerprint density at radius 1 is 1.43 bits per heavy atom. The number of β-lactam (4-membered cyclic amide) rings is 1. The van der Waals surface area contributed by atoms with Crippen molar-refractivity contribution in [3.05, 3.63) is 11.5 Å². The summed E-state index contributed by atoms with van der Waals surface area (Å²) in [6, 6.07) is -1.65. The van der Waals surface area contributed by atoms with Gasteiger partial charge in [-0.15, -0.1) is 0 Å². The Morgan fingerprint density at radius 2 is 2.00 bits per heavy atom. The van der Waals surface area contributed by atoms with E-state index in [1.807, 2.05) is 0 Å². The summed E-state index contributed by atoms with van der Waals surface area (Å²) in [6.45, 7) is 0. The molecule has 1 saturated heterocycles. The van der Waals surface area contributed by atoms with Crippen molar-refractivity contribution in [2.45, 2.75) is 30.4 Å². The van der Waals surface area contributed by atoms with E-state index in [0.717, 1.165) is 0 Å². The van der Waals surface area contributed by atoms with Crippen LogP contribution in [0.1, 0.15) is 12.8 Å². The van der Waals surface area contributed by atoms with E-state index < -0.39 is 51.0 Å². The van der Waals surface area contributed by atoms with Crippen molar-refractivity contribution in [3.63, 3.8) is 0 Å². The molecule has 2 heterocycles. The zero-order valence-corrected chi connectivity index (χ0v) is 10.9. The molecule has 0 radical (unpaired) electrons. The number of carbonyl (C=O) groups excluding carboxylic acids is 1. The second-order valence-electron chi connectivity index (χ2n) is 4.40. The molecule has 1 amide bonds. The number of carboxylic acid groups (broad SMARTS) is 1. The lowest BCUT2D eigenvalue weighted by Gasteiger charge is -2.48. The molecule has 1 fully saturated rings. The number of fused-ring (bicyclic) bond motifs is 1. The number of amides is 1. The Hall–Kier alpha value is -1.82. The Bertz CT molecular complexity index is 640. The first kappa shape index (κ1) is 15.6. The van der Waals surface area contributed by atoms with Crippen molar-refractivity contribution in [3.8, 4) is 0 Å². The molecule has 0 aromatic heterocycles. The average molecular weight is 330 g/mol. The van der Waals surface area contributed by atoms with Gasteiger partial charge in [0.05, 0.1) is 6.04 Å². The second kappa shape index (κ2) is 4.59. The number of allylic oxidation sites excluding steroid dienone is 1. The van der Waals surface area contributed by atoms with E-state index in [-0.39, 0.29) is 12.8 Å². The highest BCUT2D eigenvalue weighted by Gasteiger charge is 2.54. The maximum Gasteiger partial charge on any atom is 0.534 e. The van der Waals surface area contributed by atoms with Crippen molar-refractivity contribution < 1.29 is 40.5 Å². The number of nitrogens with two attached hydrogens (primary N) is 1. The molecule has 0 aliphatic carbocycles. The number of aliphatic carboxylic acids is 1. The monoisotopic (exact) mass is 330 g/mol. The van der Waals surface area contributed by atoms with Crippen LogP contribution in [-0.2, 0) is 23.9 Å². The molecule has 2 rings (SSSR count). The zero-order chi connectivity index (χ0) is 16.2. The van der Waals surface area contributed by atoms with Gasteiger partial charge < -0.3 is 15.0 Å². The molecule has 0 aromatic carbocycles. The van der Waals surface area contributed by atoms with Gasteiger partial charge in [0.1, 0.15) is 6.04 Å². The molecule has 2 atom stereocenters. The molecule has 2 aliphatic rings. The first-order chi connectivity index (χ1) is 9.47. The number of hydrogen-bond acceptors (Lipinski definition) is 6. The summed E-state index contributed by atoms with van der Waals surface area (Å²) in [7, 11) is -6.00. The molecule has 2 aliphatic heterocycles. The third-order valence-corrected chi connectivity index (χ3v) is 4.12. The topological polar surface area (TPSA) is 127 Å². The van der Waals surface area contributed by atoms with Crippen LogP contribution in [0.4, 0.5) is 13.2 Å². The van der Waals surface area contributed by atoms with Gasteiger partial charge >= 0.3 is 21.6 Å². The Balaban J connectivity index is 2.41. The zero-order valence-electron chi connectivity index (χ0n) is 10.1. The van der Waals surface area contributed by atoms with Crippen molar-refractivity contribution in [1.82, 2.24) is 4.90 Å². The molecular weight excluding hydrogens is 321 g/mol. The third kappa shape index (κ3) is 2.33. The molecule has 0 bridgehead atoms. The standard InChI is InChI=1S/C9H9F3N2O6S/c10-9(11,12)21(18,19)20-4-2-1-3-5(13)7(15)14(3)6(4)8(16)17/h3,5H,1-2,13H2,(H,16,17)/t3?,5-/m0/s1. The number of carbonyl (C=O) groups is 2. The number of carboxylic acids is 1. The number of nitrogens with zero attached hydrogens (tertiary/aromatic N) is 1. The van der Waals surface area contributed by atoms with Crippen molar-refractivity contribution in [1.29, 1.82) is 0 Å². The molecule has 0 spiro atoms. The SMILES string of the molecule is N[C@@H]1C(=O)N2C(C(=O)O)=C(OS(=O)(=O)C(F)(F)F)CCC12. The number of halogens is 3. The smallest absolute Gasteiger partial charge is 0.476 e. The van der Waals surface area contributed by atoms with E-state index in [1.54, 1.807) is 0 Å². The summed E-state index contributed by atoms with van der Waals surface area (Å²) in [5.41, 5.74) is -1.19. The fraction of sp³-hybridized carbons (Fsp3) is 0.556. The van der Waals surface area contributed by atoms with E-state index in [1.165, 1.54) is 0 Å². The molecule has 1 unspecified atom stereocenters. The predicted octanol–water partition coefficient (Wildman–Crippen LogP) is -0.519. The van der Waals surface area contributed by atoms with Crippen molar-refractivity contribution in [2.75, 3.05) is 0 Å². The minimum Gasteiger partial charge on any atom is -0.476 e. The maximum atomic E-state index is 12.3. The quantitative estimate of drug-likeness (QED) is 0.405. The van der Waals surface area contributed by atoms with Gasteiger partial charge in [-0.1, -0.05) is 0 Å². The van der Waals surface area contributed by atoms with Gasteiger partial charge in [0.15, 0.2) is 11.5 Å². The molecular formula is C9H9F3N2O6S. The lowest BCUT2D eigenvalue weighted by molar-refractivity contribution is -0.153.